The van der Waals surface area contributed by atoms with Gasteiger partial charge in [-0.1, -0.05) is 18.4 Å². The minimum atomic E-state index is -0.405. The van der Waals surface area contributed by atoms with E-state index in [9.17, 15) is 9.18 Å². The fourth-order valence-corrected chi connectivity index (χ4v) is 4.43. The molecule has 1 unspecified atom stereocenters. The number of amides is 1. The van der Waals surface area contributed by atoms with Gasteiger partial charge in [-0.2, -0.15) is 5.10 Å². The third kappa shape index (κ3) is 4.20. The quantitative estimate of drug-likeness (QED) is 0.462. The maximum atomic E-state index is 14.7. The Kier molecular flexibility index (Phi) is 6.52. The van der Waals surface area contributed by atoms with Gasteiger partial charge in [-0.05, 0) is 43.2 Å². The van der Waals surface area contributed by atoms with Crippen LogP contribution >= 0.6 is 0 Å². The van der Waals surface area contributed by atoms with Crippen LogP contribution in [0.25, 0.3) is 5.52 Å². The van der Waals surface area contributed by atoms with E-state index in [-0.39, 0.29) is 29.2 Å². The summed E-state index contributed by atoms with van der Waals surface area (Å²) >= 11 is 0. The Morgan fingerprint density at radius 2 is 2.09 bits per heavy atom. The van der Waals surface area contributed by atoms with E-state index in [1.165, 1.54) is 19.5 Å². The average Bonchev–Trinajstić information content (AvgIpc) is 3.42. The number of nitrogens with two attached hydrogens (primary N) is 1. The van der Waals surface area contributed by atoms with Gasteiger partial charge in [0, 0.05) is 25.3 Å². The van der Waals surface area contributed by atoms with Crippen molar-refractivity contribution in [3.63, 3.8) is 0 Å². The molecule has 2 aromatic heterocycles. The first-order chi connectivity index (χ1) is 16.4. The molecule has 9 heteroatoms. The van der Waals surface area contributed by atoms with Crippen LogP contribution in [0.3, 0.4) is 0 Å². The monoisotopic (exact) mass is 463 g/mol. The second-order valence-corrected chi connectivity index (χ2v) is 8.18. The van der Waals surface area contributed by atoms with Crippen LogP contribution in [-0.2, 0) is 9.53 Å². The molecule has 1 aliphatic rings. The lowest BCUT2D eigenvalue weighted by Crippen LogP contribution is -2.37. The number of methoxy groups -OCH3 is 2. The lowest BCUT2D eigenvalue weighted by atomic mass is 10.0. The summed E-state index contributed by atoms with van der Waals surface area (Å²) in [6, 6.07) is 4.97. The molecule has 3 aromatic rings. The van der Waals surface area contributed by atoms with Crippen LogP contribution < -0.4 is 10.5 Å². The van der Waals surface area contributed by atoms with Crippen molar-refractivity contribution in [2.45, 2.75) is 25.3 Å². The number of carbonyl (C=O) groups is 1. The molecule has 34 heavy (non-hydrogen) atoms. The molecule has 0 saturated carbocycles. The van der Waals surface area contributed by atoms with Crippen LogP contribution in [0.15, 0.2) is 37.2 Å². The number of hydrogen-bond acceptors (Lipinski definition) is 6. The standard InChI is InChI=1S/C25H26FN5O3/c1-5-22(32)30-12-18(9-19(30)13-33-3)21-11-17(24-25(27)28-14-29-31(21)24)7-6-16-10-20(34-4)8-15(2)23(16)26/h5,8,10-11,14,18-19H,1,9,12-13H2,2-4H3,(H2,27,28,29)/t18?,19-/m1/s1. The van der Waals surface area contributed by atoms with E-state index in [0.29, 0.717) is 42.0 Å². The molecule has 2 N–H and O–H groups in total. The highest BCUT2D eigenvalue weighted by Gasteiger charge is 2.37. The zero-order valence-corrected chi connectivity index (χ0v) is 19.3. The fourth-order valence-electron chi connectivity index (χ4n) is 4.43. The van der Waals surface area contributed by atoms with Gasteiger partial charge in [0.1, 0.15) is 23.4 Å². The maximum Gasteiger partial charge on any atom is 0.246 e. The number of aromatic nitrogens is 3. The van der Waals surface area contributed by atoms with Gasteiger partial charge in [0.2, 0.25) is 5.91 Å². The molecular formula is C25H26FN5O3. The second kappa shape index (κ2) is 9.53. The first kappa shape index (κ1) is 23.3. The van der Waals surface area contributed by atoms with Crippen molar-refractivity contribution in [1.29, 1.82) is 0 Å². The number of carbonyl (C=O) groups excluding carboxylic acids is 1. The number of rotatable bonds is 5. The Bertz CT molecular complexity index is 1320. The molecule has 1 fully saturated rings. The summed E-state index contributed by atoms with van der Waals surface area (Å²) in [4.78, 5) is 18.3. The van der Waals surface area contributed by atoms with Crippen molar-refractivity contribution in [3.8, 4) is 17.6 Å². The number of nitrogens with zero attached hydrogens (tertiary/aromatic N) is 4. The Balaban J connectivity index is 1.78. The zero-order chi connectivity index (χ0) is 24.4. The summed E-state index contributed by atoms with van der Waals surface area (Å²) in [6.45, 7) is 6.16. The molecule has 3 heterocycles. The first-order valence-corrected chi connectivity index (χ1v) is 10.8. The highest BCUT2D eigenvalue weighted by atomic mass is 19.1. The van der Waals surface area contributed by atoms with E-state index in [1.807, 2.05) is 6.07 Å². The number of hydrogen-bond donors (Lipinski definition) is 1. The van der Waals surface area contributed by atoms with Crippen molar-refractivity contribution in [2.75, 3.05) is 33.1 Å². The smallest absolute Gasteiger partial charge is 0.246 e. The third-order valence-corrected chi connectivity index (χ3v) is 6.06. The Labute approximate surface area is 197 Å². The van der Waals surface area contributed by atoms with Crippen molar-refractivity contribution in [3.05, 3.63) is 65.4 Å². The number of halogens is 1. The number of likely N-dealkylation sites (tertiary alicyclic amines) is 1. The van der Waals surface area contributed by atoms with E-state index in [0.717, 1.165) is 5.69 Å². The minimum absolute atomic E-state index is 0.0304. The van der Waals surface area contributed by atoms with Crippen molar-refractivity contribution in [2.24, 2.45) is 0 Å². The molecular weight excluding hydrogens is 437 g/mol. The molecule has 8 nitrogen and oxygen atoms in total. The van der Waals surface area contributed by atoms with Crippen LogP contribution in [0.1, 0.15) is 34.7 Å². The van der Waals surface area contributed by atoms with Gasteiger partial charge in [-0.25, -0.2) is 13.9 Å². The average molecular weight is 464 g/mol. The second-order valence-electron chi connectivity index (χ2n) is 8.18. The molecule has 0 bridgehead atoms. The molecule has 0 aliphatic carbocycles. The Morgan fingerprint density at radius 3 is 2.79 bits per heavy atom. The molecule has 1 aromatic carbocycles. The molecule has 176 valence electrons. The molecule has 1 saturated heterocycles. The summed E-state index contributed by atoms with van der Waals surface area (Å²) in [7, 11) is 3.13. The van der Waals surface area contributed by atoms with E-state index in [2.05, 4.69) is 28.5 Å². The predicted octanol–water partition coefficient (Wildman–Crippen LogP) is 2.68. The molecule has 2 atom stereocenters. The summed E-state index contributed by atoms with van der Waals surface area (Å²) in [5, 5.41) is 4.39. The highest BCUT2D eigenvalue weighted by Crippen LogP contribution is 2.35. The molecule has 0 spiro atoms. The number of ether oxygens (including phenoxy) is 2. The van der Waals surface area contributed by atoms with Gasteiger partial charge >= 0.3 is 0 Å². The number of fused-ring (bicyclic) bond motifs is 1. The zero-order valence-electron chi connectivity index (χ0n) is 19.3. The lowest BCUT2D eigenvalue weighted by Gasteiger charge is -2.22. The normalized spacial score (nSPS) is 17.5. The topological polar surface area (TPSA) is 95.0 Å². The van der Waals surface area contributed by atoms with E-state index in [1.54, 1.807) is 35.6 Å². The van der Waals surface area contributed by atoms with E-state index in [4.69, 9.17) is 15.2 Å². The number of aryl methyl sites for hydroxylation is 1. The Morgan fingerprint density at radius 1 is 1.32 bits per heavy atom. The number of nitrogen functional groups attached to an aromatic ring is 1. The van der Waals surface area contributed by atoms with Crippen LogP contribution in [0.4, 0.5) is 10.2 Å². The molecule has 1 aliphatic heterocycles. The van der Waals surface area contributed by atoms with Crippen LogP contribution in [0, 0.1) is 24.6 Å². The third-order valence-electron chi connectivity index (χ3n) is 6.06. The van der Waals surface area contributed by atoms with Crippen LogP contribution in [0.5, 0.6) is 5.75 Å². The molecule has 0 radical (unpaired) electrons. The largest absolute Gasteiger partial charge is 0.497 e. The van der Waals surface area contributed by atoms with Gasteiger partial charge in [0.15, 0.2) is 5.82 Å². The lowest BCUT2D eigenvalue weighted by molar-refractivity contribution is -0.127. The van der Waals surface area contributed by atoms with Gasteiger partial charge in [0.05, 0.1) is 30.9 Å². The summed E-state index contributed by atoms with van der Waals surface area (Å²) in [5.41, 5.74) is 8.80. The molecule has 4 rings (SSSR count). The first-order valence-electron chi connectivity index (χ1n) is 10.8. The fraction of sp³-hybridized carbons (Fsp3) is 0.320. The molecule has 1 amide bonds. The van der Waals surface area contributed by atoms with Crippen LogP contribution in [-0.4, -0.2) is 58.8 Å². The van der Waals surface area contributed by atoms with Gasteiger partial charge in [0.25, 0.3) is 0 Å². The number of benzene rings is 1. The summed E-state index contributed by atoms with van der Waals surface area (Å²) < 4.78 is 26.9. The van der Waals surface area contributed by atoms with Gasteiger partial charge in [-0.15, -0.1) is 0 Å². The predicted molar refractivity (Wildman–Crippen MR) is 126 cm³/mol. The minimum Gasteiger partial charge on any atom is -0.497 e. The number of anilines is 1. The summed E-state index contributed by atoms with van der Waals surface area (Å²) in [6.07, 6.45) is 3.37. The van der Waals surface area contributed by atoms with Crippen molar-refractivity contribution >= 4 is 17.2 Å². The highest BCUT2D eigenvalue weighted by molar-refractivity contribution is 5.87. The van der Waals surface area contributed by atoms with Crippen LogP contribution in [0.2, 0.25) is 0 Å². The van der Waals surface area contributed by atoms with E-state index >= 15 is 0 Å². The van der Waals surface area contributed by atoms with E-state index < -0.39 is 5.82 Å². The Hall–Kier alpha value is -3.90. The SMILES string of the molecule is C=CC(=O)N1CC(c2cc(C#Cc3cc(OC)cc(C)c3F)c3c(N)ncnn23)C[C@@H]1COC. The van der Waals surface area contributed by atoms with Crippen molar-refractivity contribution in [1.82, 2.24) is 19.5 Å². The van der Waals surface area contributed by atoms with Gasteiger partial charge in [-0.3, -0.25) is 4.79 Å². The summed E-state index contributed by atoms with van der Waals surface area (Å²) in [5.74, 6) is 6.15. The van der Waals surface area contributed by atoms with Crippen molar-refractivity contribution < 1.29 is 18.7 Å². The maximum absolute atomic E-state index is 14.7. The van der Waals surface area contributed by atoms with Gasteiger partial charge < -0.3 is 20.1 Å².